The van der Waals surface area contributed by atoms with Crippen molar-refractivity contribution in [2.75, 3.05) is 43.7 Å². The van der Waals surface area contributed by atoms with E-state index in [2.05, 4.69) is 57.8 Å². The summed E-state index contributed by atoms with van der Waals surface area (Å²) in [6.07, 6.45) is 5.78. The molecule has 29 heteroatoms. The molecule has 0 saturated heterocycles. The number of rotatable bonds is 37. The highest BCUT2D eigenvalue weighted by Gasteiger charge is 2.36. The summed E-state index contributed by atoms with van der Waals surface area (Å²) in [4.78, 5) is 151. The minimum atomic E-state index is -1.73. The average Bonchev–Trinajstić information content (AvgIpc) is 3.84. The number of imidazole rings is 1. The predicted octanol–water partition coefficient (Wildman–Crippen LogP) is -5.51. The normalized spacial score (nSPS) is 14.7. The van der Waals surface area contributed by atoms with Gasteiger partial charge in [-0.25, -0.2) is 4.98 Å². The number of aliphatic hydroxyl groups excluding tert-OH is 1. The molecule has 406 valence electrons. The molecular weight excluding hydrogens is 983 g/mol. The third-order valence-electron chi connectivity index (χ3n) is 10.6. The van der Waals surface area contributed by atoms with Gasteiger partial charge in [-0.15, -0.1) is 0 Å². The number of nitrogens with two attached hydrogens (primary N) is 4. The first-order chi connectivity index (χ1) is 34.1. The van der Waals surface area contributed by atoms with E-state index < -0.39 is 132 Å². The van der Waals surface area contributed by atoms with Gasteiger partial charge in [-0.05, 0) is 102 Å². The molecule has 0 unspecified atom stereocenters. The Hall–Kier alpha value is -6.04. The highest BCUT2D eigenvalue weighted by molar-refractivity contribution is 7.98. The standard InChI is InChI=1S/C43H75N15O12S2/c1-23(36(63)49-21-34(47)62)51-37(64)29(12-16-71-4)54-41(68)31(18-26-20-48-22-50-26)56-38(65)28(11-7-9-15-45)53-39(66)30(13-17-72-5)55-42(69)32(19-33(46)61)57-43(70)35(24(2)59)58-40(67)27(52-25(3)60)10-6-8-14-44/h20,22-24,27-32,35,59H,6-19,21,44-45H2,1-5H3,(H2,46,61)(H2,47,62)(H,48,50)(H,49,63)(H,51,64)(H,52,60)(H,53,66)(H,54,68)(H,55,69)(H,56,65)(H,57,70)(H,58,67)/t23-,24+,27-,28-,29-,30-,31-,32-,35-/m0/s1. The Labute approximate surface area is 427 Å². The molecule has 19 N–H and O–H groups in total. The number of hydrogen-bond acceptors (Lipinski definition) is 17. The molecule has 1 rings (SSSR count). The molecule has 27 nitrogen and oxygen atoms in total. The molecule has 0 spiro atoms. The summed E-state index contributed by atoms with van der Waals surface area (Å²) in [5.74, 6) is -8.59. The van der Waals surface area contributed by atoms with E-state index in [0.717, 1.165) is 0 Å². The van der Waals surface area contributed by atoms with Crippen LogP contribution in [0.5, 0.6) is 0 Å². The number of aliphatic hydroxyl groups is 1. The molecule has 1 aromatic heterocycles. The van der Waals surface area contributed by atoms with Gasteiger partial charge < -0.3 is 80.9 Å². The van der Waals surface area contributed by atoms with Gasteiger partial charge in [0.1, 0.15) is 48.3 Å². The molecule has 0 aliphatic heterocycles. The van der Waals surface area contributed by atoms with Gasteiger partial charge in [0, 0.05) is 25.2 Å². The molecule has 0 aliphatic carbocycles. The van der Waals surface area contributed by atoms with E-state index in [1.165, 1.54) is 56.8 Å². The number of aromatic nitrogens is 2. The topological polar surface area (TPSA) is 449 Å². The Morgan fingerprint density at radius 3 is 1.47 bits per heavy atom. The third-order valence-corrected chi connectivity index (χ3v) is 11.9. The van der Waals surface area contributed by atoms with Crippen molar-refractivity contribution in [1.82, 2.24) is 57.8 Å². The summed E-state index contributed by atoms with van der Waals surface area (Å²) in [5, 5.41) is 33.0. The molecule has 1 aromatic rings. The summed E-state index contributed by atoms with van der Waals surface area (Å²) in [5.41, 5.74) is 22.3. The van der Waals surface area contributed by atoms with Crippen molar-refractivity contribution < 1.29 is 57.8 Å². The molecule has 9 atom stereocenters. The first-order valence-electron chi connectivity index (χ1n) is 23.4. The van der Waals surface area contributed by atoms with Gasteiger partial charge in [0.05, 0.1) is 25.4 Å². The van der Waals surface area contributed by atoms with Crippen LogP contribution in [0.25, 0.3) is 0 Å². The second kappa shape index (κ2) is 35.1. The monoisotopic (exact) mass is 1060 g/mol. The van der Waals surface area contributed by atoms with Crippen LogP contribution in [0.1, 0.15) is 84.3 Å². The zero-order valence-electron chi connectivity index (χ0n) is 41.5. The van der Waals surface area contributed by atoms with Gasteiger partial charge in [0.25, 0.3) is 0 Å². The Morgan fingerprint density at radius 2 is 1.03 bits per heavy atom. The lowest BCUT2D eigenvalue weighted by atomic mass is 10.0. The van der Waals surface area contributed by atoms with Crippen LogP contribution in [0.4, 0.5) is 0 Å². The maximum Gasteiger partial charge on any atom is 0.245 e. The highest BCUT2D eigenvalue weighted by Crippen LogP contribution is 2.10. The predicted molar refractivity (Wildman–Crippen MR) is 269 cm³/mol. The Morgan fingerprint density at radius 1 is 0.583 bits per heavy atom. The van der Waals surface area contributed by atoms with Crippen molar-refractivity contribution in [3.63, 3.8) is 0 Å². The zero-order valence-corrected chi connectivity index (χ0v) is 43.1. The van der Waals surface area contributed by atoms with Gasteiger partial charge in [0.15, 0.2) is 0 Å². The van der Waals surface area contributed by atoms with Crippen molar-refractivity contribution in [2.24, 2.45) is 22.9 Å². The molecule has 0 aliphatic rings. The van der Waals surface area contributed by atoms with E-state index in [-0.39, 0.29) is 38.6 Å². The molecule has 0 fully saturated rings. The van der Waals surface area contributed by atoms with Gasteiger partial charge in [-0.2, -0.15) is 23.5 Å². The molecule has 0 radical (unpaired) electrons. The lowest BCUT2D eigenvalue weighted by molar-refractivity contribution is -0.137. The van der Waals surface area contributed by atoms with E-state index in [1.807, 2.05) is 0 Å². The highest BCUT2D eigenvalue weighted by atomic mass is 32.2. The van der Waals surface area contributed by atoms with Crippen LogP contribution >= 0.6 is 23.5 Å². The van der Waals surface area contributed by atoms with E-state index in [4.69, 9.17) is 22.9 Å². The fourth-order valence-corrected chi connectivity index (χ4v) is 7.67. The van der Waals surface area contributed by atoms with Gasteiger partial charge in [-0.1, -0.05) is 0 Å². The summed E-state index contributed by atoms with van der Waals surface area (Å²) < 4.78 is 0. The number of thioether (sulfide) groups is 2. The Balaban J connectivity index is 3.46. The minimum Gasteiger partial charge on any atom is -0.391 e. The van der Waals surface area contributed by atoms with Crippen LogP contribution in [0, 0.1) is 0 Å². The number of nitrogens with one attached hydrogen (secondary N) is 10. The molecular formula is C43H75N15O12S2. The van der Waals surface area contributed by atoms with Crippen molar-refractivity contribution >= 4 is 88.5 Å². The molecule has 0 saturated carbocycles. The third kappa shape index (κ3) is 25.4. The molecule has 11 amide bonds. The lowest BCUT2D eigenvalue weighted by Crippen LogP contribution is -2.61. The number of carbonyl (C=O) groups is 11. The smallest absolute Gasteiger partial charge is 0.245 e. The first-order valence-corrected chi connectivity index (χ1v) is 26.1. The molecule has 0 bridgehead atoms. The number of nitrogens with zero attached hydrogens (tertiary/aromatic N) is 1. The zero-order chi connectivity index (χ0) is 54.3. The van der Waals surface area contributed by atoms with Crippen LogP contribution in [-0.2, 0) is 59.2 Å². The summed E-state index contributed by atoms with van der Waals surface area (Å²) in [6.45, 7) is 3.86. The van der Waals surface area contributed by atoms with Crippen molar-refractivity contribution in [2.45, 2.75) is 139 Å². The van der Waals surface area contributed by atoms with Crippen LogP contribution in [0.15, 0.2) is 12.5 Å². The Bertz CT molecular complexity index is 1950. The van der Waals surface area contributed by atoms with Gasteiger partial charge >= 0.3 is 0 Å². The van der Waals surface area contributed by atoms with Gasteiger partial charge in [-0.3, -0.25) is 52.7 Å². The summed E-state index contributed by atoms with van der Waals surface area (Å²) >= 11 is 2.70. The minimum absolute atomic E-state index is 0.00739. The summed E-state index contributed by atoms with van der Waals surface area (Å²) in [7, 11) is 0. The number of carbonyl (C=O) groups excluding carboxylic acids is 11. The average molecular weight is 1060 g/mol. The number of hydrogen-bond donors (Lipinski definition) is 15. The van der Waals surface area contributed by atoms with Crippen LogP contribution in [-0.4, -0.2) is 178 Å². The second-order valence-corrected chi connectivity index (χ2v) is 18.8. The quantitative estimate of drug-likeness (QED) is 0.0276. The van der Waals surface area contributed by atoms with Crippen LogP contribution < -0.4 is 70.8 Å². The number of H-pyrrole nitrogens is 1. The lowest BCUT2D eigenvalue weighted by Gasteiger charge is -2.28. The number of primary amides is 2. The molecule has 1 heterocycles. The number of aromatic amines is 1. The van der Waals surface area contributed by atoms with E-state index in [1.54, 1.807) is 12.5 Å². The molecule has 0 aromatic carbocycles. The fraction of sp³-hybridized carbons (Fsp3) is 0.674. The van der Waals surface area contributed by atoms with E-state index >= 15 is 0 Å². The first kappa shape index (κ1) is 64.0. The number of amides is 11. The Kier molecular flexibility index (Phi) is 31.2. The second-order valence-electron chi connectivity index (χ2n) is 16.8. The number of unbranched alkanes of at least 4 members (excludes halogenated alkanes) is 2. The SMILES string of the molecule is CSCC[C@H](NC(=O)[C@H](Cc1cnc[nH]1)NC(=O)[C@H](CCCCN)NC(=O)[C@H](CCSC)NC(=O)[C@H](CC(N)=O)NC(=O)[C@@H](NC(=O)[C@H](CCCCN)NC(C)=O)[C@@H](C)O)C(=O)N[C@@H](C)C(=O)NCC(N)=O. The van der Waals surface area contributed by atoms with Crippen LogP contribution in [0.2, 0.25) is 0 Å². The fourth-order valence-electron chi connectivity index (χ4n) is 6.73. The largest absolute Gasteiger partial charge is 0.391 e. The summed E-state index contributed by atoms with van der Waals surface area (Å²) in [6, 6.07) is -10.9. The van der Waals surface area contributed by atoms with Crippen molar-refractivity contribution in [3.8, 4) is 0 Å². The maximum absolute atomic E-state index is 14.2. The van der Waals surface area contributed by atoms with E-state index in [0.29, 0.717) is 49.4 Å². The molecule has 72 heavy (non-hydrogen) atoms. The van der Waals surface area contributed by atoms with Crippen LogP contribution in [0.3, 0.4) is 0 Å². The van der Waals surface area contributed by atoms with Gasteiger partial charge in [0.2, 0.25) is 65.0 Å². The van der Waals surface area contributed by atoms with Crippen molar-refractivity contribution in [3.05, 3.63) is 18.2 Å². The van der Waals surface area contributed by atoms with E-state index in [9.17, 15) is 57.8 Å². The van der Waals surface area contributed by atoms with Crippen molar-refractivity contribution in [1.29, 1.82) is 0 Å². The maximum atomic E-state index is 14.2.